The van der Waals surface area contributed by atoms with Gasteiger partial charge in [0.2, 0.25) is 0 Å². The highest BCUT2D eigenvalue weighted by Gasteiger charge is 2.62. The van der Waals surface area contributed by atoms with Gasteiger partial charge in [0.05, 0.1) is 56.4 Å². The van der Waals surface area contributed by atoms with Gasteiger partial charge in [0.15, 0.2) is 0 Å². The van der Waals surface area contributed by atoms with E-state index in [1.165, 1.54) is 4.90 Å². The maximum absolute atomic E-state index is 15.7. The fraction of sp³-hybridized carbons (Fsp3) is 0.262. The molecule has 1 spiro atoms. The molecule has 4 aliphatic heterocycles. The largest absolute Gasteiger partial charge is 0.466 e. The lowest BCUT2D eigenvalue weighted by molar-refractivity contribution is -0.138. The molecule has 0 saturated heterocycles. The number of hydrogen-bond acceptors (Lipinski definition) is 14. The molecule has 1 unspecified atom stereocenters. The van der Waals surface area contributed by atoms with Crippen molar-refractivity contribution in [2.45, 2.75) is 42.9 Å². The summed E-state index contributed by atoms with van der Waals surface area (Å²) in [6, 6.07) is 19.4. The lowest BCUT2D eigenvalue weighted by Crippen LogP contribution is -2.60. The molecule has 0 bridgehead atoms. The van der Waals surface area contributed by atoms with Crippen LogP contribution in [0.3, 0.4) is 0 Å². The predicted octanol–water partition coefficient (Wildman–Crippen LogP) is 5.82. The molecule has 0 saturated carbocycles. The number of fused-ring (bicyclic) bond motifs is 4. The Hall–Kier alpha value is -5.58. The Labute approximate surface area is 346 Å². The van der Waals surface area contributed by atoms with E-state index < -0.39 is 57.3 Å². The summed E-state index contributed by atoms with van der Waals surface area (Å²) >= 11 is 2.53. The van der Waals surface area contributed by atoms with Crippen LogP contribution in [-0.2, 0) is 49.3 Å². The minimum atomic E-state index is -1.79. The van der Waals surface area contributed by atoms with Crippen molar-refractivity contribution in [1.29, 1.82) is 0 Å². The summed E-state index contributed by atoms with van der Waals surface area (Å²) in [5.74, 6) is -5.47. The maximum atomic E-state index is 15.7. The fourth-order valence-corrected chi connectivity index (χ4v) is 12.6. The average Bonchev–Trinajstić information content (AvgIpc) is 3.73. The van der Waals surface area contributed by atoms with Crippen LogP contribution in [0.15, 0.2) is 98.0 Å². The Bertz CT molecular complexity index is 2390. The van der Waals surface area contributed by atoms with E-state index in [0.717, 1.165) is 74.2 Å². The normalized spacial score (nSPS) is 18.1. The van der Waals surface area contributed by atoms with Crippen molar-refractivity contribution in [2.24, 2.45) is 0 Å². The second-order valence-electron chi connectivity index (χ2n) is 13.9. The van der Waals surface area contributed by atoms with Crippen LogP contribution in [0.5, 0.6) is 0 Å². The van der Waals surface area contributed by atoms with E-state index in [9.17, 15) is 28.8 Å². The Kier molecular flexibility index (Phi) is 10.7. The molecular formula is C42H36N2O11S3. The summed E-state index contributed by atoms with van der Waals surface area (Å²) in [7, 11) is 4.57. The van der Waals surface area contributed by atoms with Gasteiger partial charge in [-0.1, -0.05) is 89.4 Å². The molecule has 4 aliphatic rings. The standard InChI is InChI=1S/C42H36N2O11S3/c1-21-17-18-26-25(19-21)28-33(56-30(38(49)53-5)29(37(48)52-4)42(28)57-31(39(50)54-6)32(58-42)40(51)55-7)41(2,3)44(26)36(47)27(20-22-13-9-8-10-14-22)43-34(45)23-15-11-12-16-24(23)35(43)46/h8-19,27H,20H2,1-7H3. The third kappa shape index (κ3) is 6.25. The summed E-state index contributed by atoms with van der Waals surface area (Å²) in [6.45, 7) is 5.31. The van der Waals surface area contributed by atoms with Crippen LogP contribution in [-0.4, -0.2) is 90.6 Å². The molecule has 0 N–H and O–H groups in total. The number of rotatable bonds is 8. The molecule has 4 heterocycles. The van der Waals surface area contributed by atoms with E-state index in [2.05, 4.69) is 0 Å². The third-order valence-electron chi connectivity index (χ3n) is 10.2. The minimum Gasteiger partial charge on any atom is -0.466 e. The summed E-state index contributed by atoms with van der Waals surface area (Å²) in [5.41, 5.74) is 1.31. The number of carbonyl (C=O) groups excluding carboxylic acids is 7. The molecule has 58 heavy (non-hydrogen) atoms. The predicted molar refractivity (Wildman–Crippen MR) is 218 cm³/mol. The molecule has 7 rings (SSSR count). The number of benzene rings is 3. The zero-order valence-corrected chi connectivity index (χ0v) is 34.8. The number of esters is 4. The molecule has 13 nitrogen and oxygen atoms in total. The average molecular weight is 841 g/mol. The lowest BCUT2D eigenvalue weighted by Gasteiger charge is -2.51. The summed E-state index contributed by atoms with van der Waals surface area (Å²) in [5, 5.41) is 0. The van der Waals surface area contributed by atoms with Crippen LogP contribution >= 0.6 is 35.3 Å². The summed E-state index contributed by atoms with van der Waals surface area (Å²) in [4.78, 5) is 101. The minimum absolute atomic E-state index is 0.0255. The Morgan fingerprint density at radius 2 is 1.19 bits per heavy atom. The number of nitrogens with zero attached hydrogens (tertiary/aromatic N) is 2. The SMILES string of the molecule is COC(=O)C1=C(C(=O)OC)SC2(S1)C(C(=O)OC)=C(C(=O)OC)SC1=C2c2cc(C)ccc2N(C(=O)C(Cc2ccccc2)N2C(=O)c3ccccc3C2=O)C1(C)C. The number of methoxy groups -OCH3 is 4. The molecular weight excluding hydrogens is 805 g/mol. The Balaban J connectivity index is 1.49. The van der Waals surface area contributed by atoms with Crippen molar-refractivity contribution in [3.63, 3.8) is 0 Å². The van der Waals surface area contributed by atoms with E-state index in [-0.39, 0.29) is 37.8 Å². The molecule has 0 aliphatic carbocycles. The van der Waals surface area contributed by atoms with Gasteiger partial charge >= 0.3 is 23.9 Å². The highest BCUT2D eigenvalue weighted by Crippen LogP contribution is 2.71. The molecule has 0 fully saturated rings. The van der Waals surface area contributed by atoms with Crippen molar-refractivity contribution >= 4 is 88.1 Å². The third-order valence-corrected chi connectivity index (χ3v) is 14.9. The van der Waals surface area contributed by atoms with E-state index in [4.69, 9.17) is 18.9 Å². The van der Waals surface area contributed by atoms with E-state index in [0.29, 0.717) is 27.3 Å². The van der Waals surface area contributed by atoms with Gasteiger partial charge in [-0.3, -0.25) is 24.2 Å². The smallest absolute Gasteiger partial charge is 0.345 e. The topological polar surface area (TPSA) is 163 Å². The summed E-state index contributed by atoms with van der Waals surface area (Å²) in [6.07, 6.45) is -0.0255. The molecule has 3 amide bonds. The van der Waals surface area contributed by atoms with Gasteiger partial charge < -0.3 is 18.9 Å². The van der Waals surface area contributed by atoms with Crippen LogP contribution in [0.2, 0.25) is 0 Å². The molecule has 1 atom stereocenters. The van der Waals surface area contributed by atoms with Crippen LogP contribution in [0.25, 0.3) is 5.57 Å². The number of thioether (sulfide) groups is 3. The molecule has 3 aromatic carbocycles. The van der Waals surface area contributed by atoms with Gasteiger partial charge in [0.1, 0.15) is 24.8 Å². The van der Waals surface area contributed by atoms with Gasteiger partial charge in [-0.15, -0.1) is 0 Å². The van der Waals surface area contributed by atoms with Crippen LogP contribution in [0.1, 0.15) is 51.3 Å². The molecule has 298 valence electrons. The fourth-order valence-electron chi connectivity index (χ4n) is 7.59. The first-order valence-corrected chi connectivity index (χ1v) is 20.2. The molecule has 0 radical (unpaired) electrons. The van der Waals surface area contributed by atoms with Crippen molar-refractivity contribution in [3.05, 3.63) is 126 Å². The highest BCUT2D eigenvalue weighted by atomic mass is 32.2. The Morgan fingerprint density at radius 3 is 1.72 bits per heavy atom. The molecule has 16 heteroatoms. The first kappa shape index (κ1) is 40.6. The van der Waals surface area contributed by atoms with Crippen LogP contribution in [0.4, 0.5) is 5.69 Å². The highest BCUT2D eigenvalue weighted by molar-refractivity contribution is 8.26. The van der Waals surface area contributed by atoms with Gasteiger partial charge in [0, 0.05) is 22.5 Å². The zero-order chi connectivity index (χ0) is 41.8. The van der Waals surface area contributed by atoms with Gasteiger partial charge in [0.25, 0.3) is 17.7 Å². The van der Waals surface area contributed by atoms with E-state index in [1.54, 1.807) is 80.6 Å². The Morgan fingerprint density at radius 1 is 0.672 bits per heavy atom. The van der Waals surface area contributed by atoms with Crippen molar-refractivity contribution < 1.29 is 52.5 Å². The van der Waals surface area contributed by atoms with Gasteiger partial charge in [-0.25, -0.2) is 19.2 Å². The van der Waals surface area contributed by atoms with E-state index >= 15 is 4.79 Å². The zero-order valence-electron chi connectivity index (χ0n) is 32.3. The number of ether oxygens (including phenoxy) is 4. The number of amides is 3. The number of imide groups is 1. The second kappa shape index (κ2) is 15.3. The van der Waals surface area contributed by atoms with E-state index in [1.807, 2.05) is 13.0 Å². The van der Waals surface area contributed by atoms with Crippen LogP contribution in [0, 0.1) is 6.92 Å². The number of aryl methyl sites for hydroxylation is 1. The second-order valence-corrected chi connectivity index (χ2v) is 17.7. The first-order chi connectivity index (χ1) is 27.7. The monoisotopic (exact) mass is 840 g/mol. The molecule has 0 aromatic heterocycles. The quantitative estimate of drug-likeness (QED) is 0.152. The maximum Gasteiger partial charge on any atom is 0.345 e. The van der Waals surface area contributed by atoms with Gasteiger partial charge in [-0.05, 0) is 50.6 Å². The lowest BCUT2D eigenvalue weighted by atomic mass is 9.82. The first-order valence-electron chi connectivity index (χ1n) is 17.8. The number of carbonyl (C=O) groups is 7. The van der Waals surface area contributed by atoms with Crippen LogP contribution < -0.4 is 4.90 Å². The summed E-state index contributed by atoms with van der Waals surface area (Å²) < 4.78 is 18.9. The molecule has 3 aromatic rings. The van der Waals surface area contributed by atoms with Crippen molar-refractivity contribution in [1.82, 2.24) is 4.90 Å². The van der Waals surface area contributed by atoms with Crippen molar-refractivity contribution in [3.8, 4) is 0 Å². The van der Waals surface area contributed by atoms with Gasteiger partial charge in [-0.2, -0.15) is 0 Å². The van der Waals surface area contributed by atoms with Crippen molar-refractivity contribution in [2.75, 3.05) is 33.3 Å². The number of anilines is 1. The number of hydrogen-bond donors (Lipinski definition) is 0.